The van der Waals surface area contributed by atoms with Gasteiger partial charge >= 0.3 is 0 Å². The van der Waals surface area contributed by atoms with Crippen molar-refractivity contribution in [2.75, 3.05) is 11.9 Å². The first-order chi connectivity index (χ1) is 8.19. The fourth-order valence-electron chi connectivity index (χ4n) is 1.50. The van der Waals surface area contributed by atoms with Gasteiger partial charge in [-0.1, -0.05) is 19.8 Å². The lowest BCUT2D eigenvalue weighted by Gasteiger charge is -2.06. The van der Waals surface area contributed by atoms with Gasteiger partial charge in [-0.2, -0.15) is 5.26 Å². The molecule has 0 aromatic heterocycles. The van der Waals surface area contributed by atoms with E-state index >= 15 is 0 Å². The molecule has 1 aromatic carbocycles. The van der Waals surface area contributed by atoms with Crippen molar-refractivity contribution in [3.8, 4) is 6.07 Å². The Morgan fingerprint density at radius 2 is 2.24 bits per heavy atom. The van der Waals surface area contributed by atoms with E-state index in [1.807, 2.05) is 6.07 Å². The summed E-state index contributed by atoms with van der Waals surface area (Å²) in [6.45, 7) is 2.94. The van der Waals surface area contributed by atoms with Gasteiger partial charge in [-0.25, -0.2) is 0 Å². The SMILES string of the molecule is CCCCCNc1ccc([N+](=O)[O-])c(C#N)c1. The van der Waals surface area contributed by atoms with Crippen LogP contribution >= 0.6 is 0 Å². The Morgan fingerprint density at radius 1 is 1.47 bits per heavy atom. The fourth-order valence-corrected chi connectivity index (χ4v) is 1.50. The molecule has 0 bridgehead atoms. The van der Waals surface area contributed by atoms with Gasteiger partial charge in [0.05, 0.1) is 4.92 Å². The number of nitrogens with one attached hydrogen (secondary N) is 1. The van der Waals surface area contributed by atoms with Gasteiger partial charge in [0.15, 0.2) is 0 Å². The molecule has 0 aliphatic heterocycles. The van der Waals surface area contributed by atoms with Crippen molar-refractivity contribution < 1.29 is 4.92 Å². The van der Waals surface area contributed by atoms with E-state index in [2.05, 4.69) is 12.2 Å². The number of nitro benzene ring substituents is 1. The minimum absolute atomic E-state index is 0.0930. The maximum atomic E-state index is 10.6. The highest BCUT2D eigenvalue weighted by Crippen LogP contribution is 2.21. The van der Waals surface area contributed by atoms with Crippen molar-refractivity contribution in [2.24, 2.45) is 0 Å². The number of nitriles is 1. The zero-order chi connectivity index (χ0) is 12.7. The Morgan fingerprint density at radius 3 is 2.82 bits per heavy atom. The number of hydrogen-bond donors (Lipinski definition) is 1. The highest BCUT2D eigenvalue weighted by Gasteiger charge is 2.13. The molecule has 0 aliphatic carbocycles. The maximum Gasteiger partial charge on any atom is 0.287 e. The highest BCUT2D eigenvalue weighted by atomic mass is 16.6. The molecular weight excluding hydrogens is 218 g/mol. The number of rotatable bonds is 6. The second-order valence-electron chi connectivity index (χ2n) is 3.73. The van der Waals surface area contributed by atoms with E-state index < -0.39 is 4.92 Å². The van der Waals surface area contributed by atoms with Crippen molar-refractivity contribution in [1.82, 2.24) is 0 Å². The number of benzene rings is 1. The average molecular weight is 233 g/mol. The predicted octanol–water partition coefficient (Wildman–Crippen LogP) is 3.07. The van der Waals surface area contributed by atoms with Crippen molar-refractivity contribution in [3.05, 3.63) is 33.9 Å². The van der Waals surface area contributed by atoms with Crippen molar-refractivity contribution in [3.63, 3.8) is 0 Å². The van der Waals surface area contributed by atoms with Gasteiger partial charge in [0.2, 0.25) is 0 Å². The molecule has 0 saturated heterocycles. The zero-order valence-corrected chi connectivity index (χ0v) is 9.77. The van der Waals surface area contributed by atoms with Gasteiger partial charge in [0.1, 0.15) is 11.6 Å². The first-order valence-electron chi connectivity index (χ1n) is 5.61. The maximum absolute atomic E-state index is 10.6. The number of unbranched alkanes of at least 4 members (excludes halogenated alkanes) is 2. The molecule has 90 valence electrons. The van der Waals surface area contributed by atoms with Crippen molar-refractivity contribution in [2.45, 2.75) is 26.2 Å². The minimum atomic E-state index is -0.542. The molecule has 0 heterocycles. The molecule has 1 rings (SSSR count). The third-order valence-corrected chi connectivity index (χ3v) is 2.42. The highest BCUT2D eigenvalue weighted by molar-refractivity contribution is 5.58. The summed E-state index contributed by atoms with van der Waals surface area (Å²) in [5.74, 6) is 0. The summed E-state index contributed by atoms with van der Waals surface area (Å²) < 4.78 is 0. The third-order valence-electron chi connectivity index (χ3n) is 2.42. The lowest BCUT2D eigenvalue weighted by molar-refractivity contribution is -0.385. The Labute approximate surface area is 100 Å². The van der Waals surface area contributed by atoms with Crippen LogP contribution in [0.1, 0.15) is 31.7 Å². The average Bonchev–Trinajstić information content (AvgIpc) is 2.34. The van der Waals surface area contributed by atoms with Crippen LogP contribution in [0.2, 0.25) is 0 Å². The first kappa shape index (κ1) is 13.0. The molecule has 1 N–H and O–H groups in total. The molecule has 0 radical (unpaired) electrons. The second kappa shape index (κ2) is 6.48. The number of anilines is 1. The molecule has 0 amide bonds. The van der Waals surface area contributed by atoms with Crippen LogP contribution in [0.3, 0.4) is 0 Å². The van der Waals surface area contributed by atoms with E-state index in [0.717, 1.165) is 31.5 Å². The lowest BCUT2D eigenvalue weighted by Crippen LogP contribution is -2.02. The van der Waals surface area contributed by atoms with E-state index in [9.17, 15) is 10.1 Å². The second-order valence-corrected chi connectivity index (χ2v) is 3.73. The summed E-state index contributed by atoms with van der Waals surface area (Å²) in [5.41, 5.74) is 0.699. The van der Waals surface area contributed by atoms with Gasteiger partial charge in [0, 0.05) is 18.3 Å². The van der Waals surface area contributed by atoms with Crippen LogP contribution in [0.25, 0.3) is 0 Å². The Kier molecular flexibility index (Phi) is 4.95. The molecule has 0 fully saturated rings. The van der Waals surface area contributed by atoms with E-state index in [4.69, 9.17) is 5.26 Å². The molecule has 5 heteroatoms. The summed E-state index contributed by atoms with van der Waals surface area (Å²) in [7, 11) is 0. The molecule has 0 unspecified atom stereocenters. The summed E-state index contributed by atoms with van der Waals surface area (Å²) in [6.07, 6.45) is 3.34. The van der Waals surface area contributed by atoms with Gasteiger partial charge < -0.3 is 5.32 Å². The third kappa shape index (κ3) is 3.76. The first-order valence-corrected chi connectivity index (χ1v) is 5.61. The molecular formula is C12H15N3O2. The summed E-state index contributed by atoms with van der Waals surface area (Å²) in [4.78, 5) is 10.1. The van der Waals surface area contributed by atoms with Crippen molar-refractivity contribution in [1.29, 1.82) is 5.26 Å². The smallest absolute Gasteiger partial charge is 0.287 e. The molecule has 0 aliphatic rings. The number of hydrogen-bond acceptors (Lipinski definition) is 4. The van der Waals surface area contributed by atoms with Crippen molar-refractivity contribution >= 4 is 11.4 Å². The lowest BCUT2D eigenvalue weighted by atomic mass is 10.1. The Bertz CT molecular complexity index is 438. The largest absolute Gasteiger partial charge is 0.385 e. The summed E-state index contributed by atoms with van der Waals surface area (Å²) in [5, 5.41) is 22.6. The van der Waals surface area contributed by atoms with Crippen LogP contribution < -0.4 is 5.32 Å². The van der Waals surface area contributed by atoms with Crippen LogP contribution in [0.4, 0.5) is 11.4 Å². The molecule has 0 spiro atoms. The molecule has 1 aromatic rings. The van der Waals surface area contributed by atoms with Crippen LogP contribution in [0, 0.1) is 21.4 Å². The Balaban J connectivity index is 2.70. The van der Waals surface area contributed by atoms with Gasteiger partial charge in [-0.3, -0.25) is 10.1 Å². The normalized spacial score (nSPS) is 9.65. The van der Waals surface area contributed by atoms with E-state index in [1.165, 1.54) is 12.1 Å². The van der Waals surface area contributed by atoms with Crippen LogP contribution in [0.5, 0.6) is 0 Å². The number of nitrogens with zero attached hydrogens (tertiary/aromatic N) is 2. The van der Waals surface area contributed by atoms with Crippen LogP contribution in [-0.4, -0.2) is 11.5 Å². The fraction of sp³-hybridized carbons (Fsp3) is 0.417. The number of nitro groups is 1. The molecule has 0 atom stereocenters. The van der Waals surface area contributed by atoms with E-state index in [0.29, 0.717) is 0 Å². The zero-order valence-electron chi connectivity index (χ0n) is 9.77. The van der Waals surface area contributed by atoms with Gasteiger partial charge in [0.25, 0.3) is 5.69 Å². The minimum Gasteiger partial charge on any atom is -0.385 e. The molecule has 5 nitrogen and oxygen atoms in total. The predicted molar refractivity (Wildman–Crippen MR) is 65.8 cm³/mol. The quantitative estimate of drug-likeness (QED) is 0.465. The monoisotopic (exact) mass is 233 g/mol. The van der Waals surface area contributed by atoms with E-state index in [-0.39, 0.29) is 11.3 Å². The molecule has 17 heavy (non-hydrogen) atoms. The van der Waals surface area contributed by atoms with Gasteiger partial charge in [-0.15, -0.1) is 0 Å². The summed E-state index contributed by atoms with van der Waals surface area (Å²) >= 11 is 0. The Hall–Kier alpha value is -2.09. The van der Waals surface area contributed by atoms with Gasteiger partial charge in [-0.05, 0) is 18.6 Å². The standard InChI is InChI=1S/C12H15N3O2/c1-2-3-4-7-14-11-5-6-12(15(16)17)10(8-11)9-13/h5-6,8,14H,2-4,7H2,1H3. The topological polar surface area (TPSA) is 79.0 Å². The summed E-state index contributed by atoms with van der Waals surface area (Å²) in [6, 6.07) is 6.35. The van der Waals surface area contributed by atoms with Crippen LogP contribution in [0.15, 0.2) is 18.2 Å². The molecule has 0 saturated carbocycles. The van der Waals surface area contributed by atoms with E-state index in [1.54, 1.807) is 6.07 Å². The van der Waals surface area contributed by atoms with Crippen LogP contribution in [-0.2, 0) is 0 Å².